The highest BCUT2D eigenvalue weighted by Crippen LogP contribution is 2.71. The Morgan fingerprint density at radius 3 is 2.42 bits per heavy atom. The third kappa shape index (κ3) is 2.78. The van der Waals surface area contributed by atoms with Gasteiger partial charge in [0.05, 0.1) is 18.8 Å². The van der Waals surface area contributed by atoms with E-state index in [-0.39, 0.29) is 34.4 Å². The Morgan fingerprint density at radius 2 is 1.73 bits per heavy atom. The molecule has 2 saturated heterocycles. The van der Waals surface area contributed by atoms with E-state index in [2.05, 4.69) is 41.5 Å². The number of hydrogen-bond acceptors (Lipinski definition) is 4. The van der Waals surface area contributed by atoms with Crippen LogP contribution < -0.4 is 0 Å². The van der Waals surface area contributed by atoms with Crippen LogP contribution in [0.2, 0.25) is 0 Å². The van der Waals surface area contributed by atoms with Gasteiger partial charge in [-0.3, -0.25) is 4.79 Å². The molecule has 0 aromatic carbocycles. The van der Waals surface area contributed by atoms with Gasteiger partial charge < -0.3 is 14.6 Å². The molecule has 4 nitrogen and oxygen atoms in total. The van der Waals surface area contributed by atoms with Gasteiger partial charge in [0.2, 0.25) is 0 Å². The van der Waals surface area contributed by atoms with Crippen molar-refractivity contribution >= 4 is 5.78 Å². The first-order valence-corrected chi connectivity index (χ1v) is 14.0. The van der Waals surface area contributed by atoms with E-state index in [4.69, 9.17) is 9.47 Å². The van der Waals surface area contributed by atoms with Crippen LogP contribution in [0.4, 0.5) is 0 Å². The molecule has 4 saturated carbocycles. The lowest BCUT2D eigenvalue weighted by atomic mass is 9.40. The molecule has 0 amide bonds. The number of aliphatic hydroxyl groups excluding tert-OH is 1. The summed E-state index contributed by atoms with van der Waals surface area (Å²) in [5, 5.41) is 10.8. The minimum absolute atomic E-state index is 0.0621. The number of ether oxygens (including phenoxy) is 2. The molecule has 1 unspecified atom stereocenters. The summed E-state index contributed by atoms with van der Waals surface area (Å²) in [6.45, 7) is 14.7. The van der Waals surface area contributed by atoms with Gasteiger partial charge >= 0.3 is 0 Å². The van der Waals surface area contributed by atoms with Crippen molar-refractivity contribution in [2.45, 2.75) is 111 Å². The molecule has 6 fully saturated rings. The molecule has 6 aliphatic rings. The van der Waals surface area contributed by atoms with E-state index in [0.29, 0.717) is 41.3 Å². The maximum atomic E-state index is 14.2. The molecule has 2 aliphatic heterocycles. The molecular formula is C29H46O4. The Labute approximate surface area is 200 Å². The van der Waals surface area contributed by atoms with Gasteiger partial charge in [-0.1, -0.05) is 41.5 Å². The first kappa shape index (κ1) is 23.0. The van der Waals surface area contributed by atoms with Gasteiger partial charge in [0, 0.05) is 30.1 Å². The van der Waals surface area contributed by atoms with Gasteiger partial charge in [-0.2, -0.15) is 0 Å². The van der Waals surface area contributed by atoms with Crippen molar-refractivity contribution in [2.24, 2.45) is 57.7 Å². The van der Waals surface area contributed by atoms with E-state index in [1.165, 1.54) is 12.8 Å². The second-order valence-corrected chi connectivity index (χ2v) is 14.3. The number of fused-ring (bicyclic) bond motifs is 7. The summed E-state index contributed by atoms with van der Waals surface area (Å²) in [6, 6.07) is 0. The van der Waals surface area contributed by atoms with Crippen molar-refractivity contribution in [1.29, 1.82) is 0 Å². The standard InChI is InChI=1S/C29H46O4/c1-16-9-12-29(32-15-16)17(2)25-21(33-29)13-20-18-7-8-22-26(3,4)23(30)10-11-27(22,5)19(18)14-24(31)28(20,25)6/h16-23,25,30H,7-15H2,1-6H3/t16-,17+,18-,19+,20+,21+,22+,23+,25+,27-,28-,29?/m1/s1. The average molecular weight is 459 g/mol. The van der Waals surface area contributed by atoms with Crippen LogP contribution in [0.25, 0.3) is 0 Å². The van der Waals surface area contributed by atoms with E-state index in [1.807, 2.05) is 0 Å². The van der Waals surface area contributed by atoms with Gasteiger partial charge in [-0.05, 0) is 78.9 Å². The van der Waals surface area contributed by atoms with Crippen LogP contribution in [0.5, 0.6) is 0 Å². The van der Waals surface area contributed by atoms with E-state index < -0.39 is 5.79 Å². The summed E-state index contributed by atoms with van der Waals surface area (Å²) in [6.07, 6.45) is 8.19. The van der Waals surface area contributed by atoms with Crippen LogP contribution in [-0.2, 0) is 14.3 Å². The molecule has 6 rings (SSSR count). The molecule has 1 N–H and O–H groups in total. The zero-order valence-electron chi connectivity index (χ0n) is 21.7. The van der Waals surface area contributed by atoms with E-state index in [0.717, 1.165) is 45.1 Å². The number of rotatable bonds is 0. The van der Waals surface area contributed by atoms with Gasteiger partial charge in [0.1, 0.15) is 5.78 Å². The van der Waals surface area contributed by atoms with Crippen molar-refractivity contribution in [2.75, 3.05) is 6.61 Å². The quantitative estimate of drug-likeness (QED) is 0.513. The number of hydrogen-bond donors (Lipinski definition) is 1. The highest BCUT2D eigenvalue weighted by Gasteiger charge is 2.72. The fourth-order valence-corrected chi connectivity index (χ4v) is 10.8. The SMILES string of the molecule is C[C@@H]1CCC2(OC1)O[C@H]1C[C@H]3[C@@H]4CC[C@H]5C(C)(C)[C@@H](O)CC[C@]5(C)[C@H]4CC(=O)[C@]3(C)[C@H]1[C@@H]2C. The summed E-state index contributed by atoms with van der Waals surface area (Å²) in [7, 11) is 0. The predicted octanol–water partition coefficient (Wildman–Crippen LogP) is 5.61. The normalized spacial score (nSPS) is 59.6. The lowest BCUT2D eigenvalue weighted by Crippen LogP contribution is -2.61. The number of carbonyl (C=O) groups excluding carboxylic acids is 1. The Balaban J connectivity index is 1.31. The second kappa shape index (κ2) is 7.07. The highest BCUT2D eigenvalue weighted by atomic mass is 16.7. The number of carbonyl (C=O) groups is 1. The Kier molecular flexibility index (Phi) is 4.92. The molecule has 186 valence electrons. The van der Waals surface area contributed by atoms with Crippen LogP contribution in [0.3, 0.4) is 0 Å². The second-order valence-electron chi connectivity index (χ2n) is 14.3. The van der Waals surface area contributed by atoms with Crippen LogP contribution in [-0.4, -0.2) is 35.5 Å². The van der Waals surface area contributed by atoms with E-state index in [9.17, 15) is 9.90 Å². The Bertz CT molecular complexity index is 827. The molecular weight excluding hydrogens is 412 g/mol. The number of ketones is 1. The molecule has 0 aromatic rings. The van der Waals surface area contributed by atoms with Gasteiger partial charge in [0.15, 0.2) is 5.79 Å². The predicted molar refractivity (Wildman–Crippen MR) is 127 cm³/mol. The van der Waals surface area contributed by atoms with Crippen molar-refractivity contribution < 1.29 is 19.4 Å². The summed E-state index contributed by atoms with van der Waals surface area (Å²) in [5.74, 6) is 3.23. The third-order valence-corrected chi connectivity index (χ3v) is 12.7. The molecule has 4 aliphatic carbocycles. The van der Waals surface area contributed by atoms with Crippen molar-refractivity contribution in [3.8, 4) is 0 Å². The third-order valence-electron chi connectivity index (χ3n) is 12.7. The summed E-state index contributed by atoms with van der Waals surface area (Å²) in [4.78, 5) is 14.2. The minimum Gasteiger partial charge on any atom is -0.393 e. The smallest absolute Gasteiger partial charge is 0.171 e. The monoisotopic (exact) mass is 458 g/mol. The maximum absolute atomic E-state index is 14.2. The molecule has 12 atom stereocenters. The molecule has 0 aromatic heterocycles. The molecule has 0 radical (unpaired) electrons. The fraction of sp³-hybridized carbons (Fsp3) is 0.966. The van der Waals surface area contributed by atoms with E-state index in [1.54, 1.807) is 0 Å². The number of Topliss-reactive ketones (excluding diaryl/α,β-unsaturated/α-hetero) is 1. The number of aliphatic hydroxyl groups is 1. The molecule has 0 bridgehead atoms. The van der Waals surface area contributed by atoms with Gasteiger partial charge in [-0.25, -0.2) is 0 Å². The van der Waals surface area contributed by atoms with Crippen LogP contribution in [0.1, 0.15) is 92.9 Å². The largest absolute Gasteiger partial charge is 0.393 e. The van der Waals surface area contributed by atoms with Crippen molar-refractivity contribution in [3.05, 3.63) is 0 Å². The van der Waals surface area contributed by atoms with Crippen molar-refractivity contribution in [1.82, 2.24) is 0 Å². The Hall–Kier alpha value is -0.450. The van der Waals surface area contributed by atoms with Crippen LogP contribution in [0, 0.1) is 57.7 Å². The summed E-state index contributed by atoms with van der Waals surface area (Å²) >= 11 is 0. The molecule has 1 spiro atoms. The van der Waals surface area contributed by atoms with Crippen molar-refractivity contribution in [3.63, 3.8) is 0 Å². The first-order valence-electron chi connectivity index (χ1n) is 14.0. The summed E-state index contributed by atoms with van der Waals surface area (Å²) < 4.78 is 13.2. The molecule has 4 heteroatoms. The zero-order valence-corrected chi connectivity index (χ0v) is 21.7. The zero-order chi connectivity index (χ0) is 23.6. The maximum Gasteiger partial charge on any atom is 0.171 e. The first-order chi connectivity index (χ1) is 15.4. The lowest BCUT2D eigenvalue weighted by molar-refractivity contribution is -0.272. The topological polar surface area (TPSA) is 55.8 Å². The average Bonchev–Trinajstić information content (AvgIpc) is 3.20. The lowest BCUT2D eigenvalue weighted by Gasteiger charge is -2.64. The van der Waals surface area contributed by atoms with Gasteiger partial charge in [-0.15, -0.1) is 0 Å². The van der Waals surface area contributed by atoms with Crippen LogP contribution in [0.15, 0.2) is 0 Å². The highest BCUT2D eigenvalue weighted by molar-refractivity contribution is 5.87. The van der Waals surface area contributed by atoms with E-state index >= 15 is 0 Å². The van der Waals surface area contributed by atoms with Crippen LogP contribution >= 0.6 is 0 Å². The minimum atomic E-state index is -0.458. The molecule has 2 heterocycles. The molecule has 33 heavy (non-hydrogen) atoms. The fourth-order valence-electron chi connectivity index (χ4n) is 10.8. The summed E-state index contributed by atoms with van der Waals surface area (Å²) in [5.41, 5.74) is -0.169. The van der Waals surface area contributed by atoms with Gasteiger partial charge in [0.25, 0.3) is 0 Å². The Morgan fingerprint density at radius 1 is 0.970 bits per heavy atom.